The Kier molecular flexibility index (Phi) is 5.45. The van der Waals surface area contributed by atoms with E-state index in [-0.39, 0.29) is 17.9 Å². The van der Waals surface area contributed by atoms with Gasteiger partial charge in [-0.05, 0) is 5.56 Å². The van der Waals surface area contributed by atoms with Crippen LogP contribution in [0.2, 0.25) is 0 Å². The maximum Gasteiger partial charge on any atom is 0.256 e. The van der Waals surface area contributed by atoms with Crippen LogP contribution >= 0.6 is 0 Å². The molecule has 1 aliphatic heterocycles. The number of rotatable bonds is 5. The molecule has 0 spiro atoms. The van der Waals surface area contributed by atoms with Crippen LogP contribution in [0.4, 0.5) is 0 Å². The van der Waals surface area contributed by atoms with Crippen molar-refractivity contribution in [3.05, 3.63) is 47.5 Å². The molecule has 7 heteroatoms. The van der Waals surface area contributed by atoms with Crippen molar-refractivity contribution >= 4 is 5.91 Å². The lowest BCUT2D eigenvalue weighted by Gasteiger charge is -2.33. The number of H-pyrrole nitrogens is 1. The van der Waals surface area contributed by atoms with Crippen molar-refractivity contribution in [1.82, 2.24) is 20.1 Å². The molecule has 2 atom stereocenters. The number of benzene rings is 1. The zero-order valence-electron chi connectivity index (χ0n) is 14.8. The highest BCUT2D eigenvalue weighted by atomic mass is 16.5. The van der Waals surface area contributed by atoms with Crippen molar-refractivity contribution in [2.75, 3.05) is 26.8 Å². The lowest BCUT2D eigenvalue weighted by molar-refractivity contribution is -0.150. The molecular formula is C18H24N4O3. The first-order valence-electron chi connectivity index (χ1n) is 8.50. The molecular weight excluding hydrogens is 320 g/mol. The first-order valence-corrected chi connectivity index (χ1v) is 8.50. The second kappa shape index (κ2) is 7.76. The molecule has 0 bridgehead atoms. The minimum absolute atomic E-state index is 0.0643. The third kappa shape index (κ3) is 3.88. The number of aromatic amines is 1. The maximum atomic E-state index is 12.9. The van der Waals surface area contributed by atoms with E-state index in [9.17, 15) is 4.79 Å². The second-order valence-electron chi connectivity index (χ2n) is 6.40. The van der Waals surface area contributed by atoms with Gasteiger partial charge in [0.1, 0.15) is 6.10 Å². The van der Waals surface area contributed by atoms with E-state index >= 15 is 0 Å². The summed E-state index contributed by atoms with van der Waals surface area (Å²) in [6.07, 6.45) is -0.910. The maximum absolute atomic E-state index is 12.9. The molecule has 3 rings (SSSR count). The summed E-state index contributed by atoms with van der Waals surface area (Å²) in [6, 6.07) is 9.52. The van der Waals surface area contributed by atoms with Gasteiger partial charge in [-0.1, -0.05) is 44.2 Å². The van der Waals surface area contributed by atoms with Gasteiger partial charge in [0.2, 0.25) is 0 Å². The van der Waals surface area contributed by atoms with Crippen LogP contribution in [0.25, 0.3) is 0 Å². The van der Waals surface area contributed by atoms with E-state index in [1.165, 1.54) is 0 Å². The molecule has 2 aromatic rings. The van der Waals surface area contributed by atoms with Gasteiger partial charge in [0, 0.05) is 19.6 Å². The number of nitrogens with one attached hydrogen (secondary N) is 1. The summed E-state index contributed by atoms with van der Waals surface area (Å²) in [6.45, 7) is 5.49. The third-order valence-electron chi connectivity index (χ3n) is 4.28. The molecule has 1 aromatic carbocycles. The molecule has 2 heterocycles. The molecule has 7 nitrogen and oxygen atoms in total. The van der Waals surface area contributed by atoms with Crippen molar-refractivity contribution in [3.63, 3.8) is 0 Å². The van der Waals surface area contributed by atoms with E-state index in [4.69, 9.17) is 9.47 Å². The number of carbonyl (C=O) groups excluding carboxylic acids is 1. The van der Waals surface area contributed by atoms with Gasteiger partial charge >= 0.3 is 0 Å². The number of methoxy groups -OCH3 is 1. The first-order chi connectivity index (χ1) is 12.1. The van der Waals surface area contributed by atoms with Crippen molar-refractivity contribution in [3.8, 4) is 0 Å². The molecule has 0 aliphatic carbocycles. The SMILES string of the molecule is CO[C@H](C(=O)N1CCO[C@@H](c2nc(C(C)C)n[nH]2)C1)c1ccccc1. The van der Waals surface area contributed by atoms with Crippen LogP contribution in [0.1, 0.15) is 49.2 Å². The average molecular weight is 344 g/mol. The average Bonchev–Trinajstić information content (AvgIpc) is 3.14. The van der Waals surface area contributed by atoms with Gasteiger partial charge in [-0.25, -0.2) is 4.98 Å². The number of ether oxygens (including phenoxy) is 2. The highest BCUT2D eigenvalue weighted by Crippen LogP contribution is 2.25. The first kappa shape index (κ1) is 17.6. The number of nitrogens with zero attached hydrogens (tertiary/aromatic N) is 3. The van der Waals surface area contributed by atoms with Crippen LogP contribution in [0.15, 0.2) is 30.3 Å². The van der Waals surface area contributed by atoms with Gasteiger partial charge in [-0.3, -0.25) is 9.89 Å². The number of aromatic nitrogens is 3. The fourth-order valence-corrected chi connectivity index (χ4v) is 2.88. The number of morpholine rings is 1. The molecule has 1 aromatic heterocycles. The highest BCUT2D eigenvalue weighted by molar-refractivity contribution is 5.82. The molecule has 0 unspecified atom stereocenters. The Balaban J connectivity index is 1.72. The van der Waals surface area contributed by atoms with Crippen LogP contribution in [-0.2, 0) is 14.3 Å². The Morgan fingerprint density at radius 3 is 2.76 bits per heavy atom. The molecule has 25 heavy (non-hydrogen) atoms. The van der Waals surface area contributed by atoms with Gasteiger partial charge in [0.05, 0.1) is 13.2 Å². The normalized spacial score (nSPS) is 19.2. The third-order valence-corrected chi connectivity index (χ3v) is 4.28. The van der Waals surface area contributed by atoms with Crippen molar-refractivity contribution in [2.24, 2.45) is 0 Å². The Morgan fingerprint density at radius 2 is 2.12 bits per heavy atom. The van der Waals surface area contributed by atoms with E-state index in [1.807, 2.05) is 44.2 Å². The Morgan fingerprint density at radius 1 is 1.36 bits per heavy atom. The summed E-state index contributed by atoms with van der Waals surface area (Å²) in [5, 5.41) is 7.15. The Bertz CT molecular complexity index is 701. The van der Waals surface area contributed by atoms with Gasteiger partial charge < -0.3 is 14.4 Å². The summed E-state index contributed by atoms with van der Waals surface area (Å²) >= 11 is 0. The van der Waals surface area contributed by atoms with Crippen molar-refractivity contribution < 1.29 is 14.3 Å². The van der Waals surface area contributed by atoms with E-state index < -0.39 is 6.10 Å². The lowest BCUT2D eigenvalue weighted by atomic mass is 10.1. The number of carbonyl (C=O) groups is 1. The van der Waals surface area contributed by atoms with Gasteiger partial charge in [0.25, 0.3) is 5.91 Å². The predicted molar refractivity (Wildman–Crippen MR) is 91.9 cm³/mol. The Labute approximate surface area is 147 Å². The minimum atomic E-state index is -0.610. The van der Waals surface area contributed by atoms with E-state index in [1.54, 1.807) is 12.0 Å². The zero-order valence-corrected chi connectivity index (χ0v) is 14.8. The summed E-state index contributed by atoms with van der Waals surface area (Å²) in [5.41, 5.74) is 0.847. The molecule has 0 radical (unpaired) electrons. The quantitative estimate of drug-likeness (QED) is 0.899. The largest absolute Gasteiger partial charge is 0.367 e. The standard InChI is InChI=1S/C18H24N4O3/c1-12(2)16-19-17(21-20-16)14-11-22(9-10-25-14)18(23)15(24-3)13-7-5-4-6-8-13/h4-8,12,14-15H,9-11H2,1-3H3,(H,19,20,21)/t14-,15+/m1/s1. The summed E-state index contributed by atoms with van der Waals surface area (Å²) in [4.78, 5) is 19.2. The molecule has 1 amide bonds. The van der Waals surface area contributed by atoms with Crippen LogP contribution in [0.5, 0.6) is 0 Å². The zero-order chi connectivity index (χ0) is 17.8. The fourth-order valence-electron chi connectivity index (χ4n) is 2.88. The van der Waals surface area contributed by atoms with Crippen LogP contribution < -0.4 is 0 Å². The van der Waals surface area contributed by atoms with Gasteiger partial charge in [-0.15, -0.1) is 0 Å². The van der Waals surface area contributed by atoms with Crippen molar-refractivity contribution in [2.45, 2.75) is 32.0 Å². The molecule has 0 saturated carbocycles. The number of hydrogen-bond donors (Lipinski definition) is 1. The fraction of sp³-hybridized carbons (Fsp3) is 0.500. The summed E-state index contributed by atoms with van der Waals surface area (Å²) in [7, 11) is 1.55. The predicted octanol–water partition coefficient (Wildman–Crippen LogP) is 2.22. The molecule has 1 N–H and O–H groups in total. The smallest absolute Gasteiger partial charge is 0.256 e. The second-order valence-corrected chi connectivity index (χ2v) is 6.40. The molecule has 134 valence electrons. The van der Waals surface area contributed by atoms with E-state index in [0.29, 0.717) is 25.5 Å². The molecule has 1 fully saturated rings. The van der Waals surface area contributed by atoms with Gasteiger partial charge in [-0.2, -0.15) is 5.10 Å². The summed E-state index contributed by atoms with van der Waals surface area (Å²) in [5.74, 6) is 1.59. The monoisotopic (exact) mass is 344 g/mol. The van der Waals surface area contributed by atoms with Gasteiger partial charge in [0.15, 0.2) is 17.8 Å². The van der Waals surface area contributed by atoms with E-state index in [2.05, 4.69) is 15.2 Å². The van der Waals surface area contributed by atoms with Crippen LogP contribution in [-0.4, -0.2) is 52.8 Å². The topological polar surface area (TPSA) is 80.3 Å². The lowest BCUT2D eigenvalue weighted by Crippen LogP contribution is -2.45. The Hall–Kier alpha value is -2.25. The number of amides is 1. The minimum Gasteiger partial charge on any atom is -0.367 e. The molecule has 1 aliphatic rings. The molecule has 1 saturated heterocycles. The number of hydrogen-bond acceptors (Lipinski definition) is 5. The van der Waals surface area contributed by atoms with E-state index in [0.717, 1.165) is 11.4 Å². The summed E-state index contributed by atoms with van der Waals surface area (Å²) < 4.78 is 11.2. The van der Waals surface area contributed by atoms with Crippen LogP contribution in [0, 0.1) is 0 Å². The van der Waals surface area contributed by atoms with Crippen LogP contribution in [0.3, 0.4) is 0 Å². The van der Waals surface area contributed by atoms with Crippen molar-refractivity contribution in [1.29, 1.82) is 0 Å². The highest BCUT2D eigenvalue weighted by Gasteiger charge is 2.32.